The predicted molar refractivity (Wildman–Crippen MR) is 128 cm³/mol. The van der Waals surface area contributed by atoms with Gasteiger partial charge in [0.2, 0.25) is 0 Å². The van der Waals surface area contributed by atoms with Crippen LogP contribution >= 0.6 is 0 Å². The summed E-state index contributed by atoms with van der Waals surface area (Å²) in [6, 6.07) is 0. The van der Waals surface area contributed by atoms with Crippen molar-refractivity contribution < 1.29 is 99.5 Å². The van der Waals surface area contributed by atoms with Gasteiger partial charge in [-0.05, 0) is 0 Å². The fraction of sp³-hybridized carbons (Fsp3) is 1.00. The largest absolute Gasteiger partial charge is 0.394 e. The summed E-state index contributed by atoms with van der Waals surface area (Å²) in [5.74, 6) is 0. The third-order valence-corrected chi connectivity index (χ3v) is 7.81. The van der Waals surface area contributed by atoms with Crippen molar-refractivity contribution >= 4 is 0 Å². The van der Waals surface area contributed by atoms with E-state index in [0.717, 1.165) is 0 Å². The number of ether oxygens (including phenoxy) is 7. The van der Waals surface area contributed by atoms with E-state index in [4.69, 9.17) is 33.2 Å². The Morgan fingerprint density at radius 2 is 0.953 bits per heavy atom. The third-order valence-electron chi connectivity index (χ3n) is 7.81. The number of hydrogen-bond donors (Lipinski definition) is 13. The summed E-state index contributed by atoms with van der Waals surface area (Å²) in [5.41, 5.74) is 0. The van der Waals surface area contributed by atoms with E-state index >= 15 is 0 Å². The summed E-state index contributed by atoms with van der Waals surface area (Å²) in [5, 5.41) is 132. The van der Waals surface area contributed by atoms with Gasteiger partial charge in [0.1, 0.15) is 91.6 Å². The van der Waals surface area contributed by atoms with E-state index in [9.17, 15) is 66.4 Å². The fourth-order valence-corrected chi connectivity index (χ4v) is 5.24. The molecule has 4 heterocycles. The van der Waals surface area contributed by atoms with Crippen LogP contribution in [0.2, 0.25) is 0 Å². The molecule has 0 saturated carbocycles. The molecular weight excluding hydrogens is 596 g/mol. The summed E-state index contributed by atoms with van der Waals surface area (Å²) in [4.78, 5) is 0. The number of rotatable bonds is 9. The van der Waals surface area contributed by atoms with Crippen LogP contribution in [0.5, 0.6) is 0 Å². The van der Waals surface area contributed by atoms with Crippen LogP contribution in [-0.2, 0) is 33.2 Å². The molecule has 20 heteroatoms. The highest BCUT2D eigenvalue weighted by Gasteiger charge is 2.54. The fourth-order valence-electron chi connectivity index (χ4n) is 5.24. The Kier molecular flexibility index (Phi) is 12.0. The first-order chi connectivity index (χ1) is 20.3. The van der Waals surface area contributed by atoms with E-state index in [2.05, 4.69) is 0 Å². The molecule has 4 aliphatic rings. The van der Waals surface area contributed by atoms with E-state index in [0.29, 0.717) is 0 Å². The highest BCUT2D eigenvalue weighted by Crippen LogP contribution is 2.33. The maximum atomic E-state index is 11.1. The zero-order chi connectivity index (χ0) is 31.7. The Morgan fingerprint density at radius 3 is 1.56 bits per heavy atom. The van der Waals surface area contributed by atoms with Gasteiger partial charge in [0, 0.05) is 0 Å². The Hall–Kier alpha value is -0.800. The molecule has 19 atom stereocenters. The lowest BCUT2D eigenvalue weighted by atomic mass is 9.96. The van der Waals surface area contributed by atoms with E-state index in [1.165, 1.54) is 0 Å². The van der Waals surface area contributed by atoms with Gasteiger partial charge in [-0.3, -0.25) is 0 Å². The van der Waals surface area contributed by atoms with Crippen LogP contribution in [-0.4, -0.2) is 210 Å². The van der Waals surface area contributed by atoms with Crippen LogP contribution in [0, 0.1) is 0 Å². The predicted octanol–water partition coefficient (Wildman–Crippen LogP) is -9.11. The average Bonchev–Trinajstić information content (AvgIpc) is 2.99. The van der Waals surface area contributed by atoms with Gasteiger partial charge in [0.25, 0.3) is 0 Å². The van der Waals surface area contributed by atoms with Crippen molar-refractivity contribution in [3.63, 3.8) is 0 Å². The summed E-state index contributed by atoms with van der Waals surface area (Å²) in [6.07, 6.45) is -33.1. The molecule has 13 N–H and O–H groups in total. The minimum Gasteiger partial charge on any atom is -0.394 e. The average molecular weight is 637 g/mol. The van der Waals surface area contributed by atoms with Crippen molar-refractivity contribution in [1.82, 2.24) is 0 Å². The van der Waals surface area contributed by atoms with Gasteiger partial charge in [-0.1, -0.05) is 0 Å². The van der Waals surface area contributed by atoms with Crippen LogP contribution in [0.15, 0.2) is 0 Å². The van der Waals surface area contributed by atoms with E-state index < -0.39 is 143 Å². The molecular formula is C23H40O20. The van der Waals surface area contributed by atoms with Gasteiger partial charge in [0.05, 0.1) is 26.4 Å². The SMILES string of the molecule is OC[C@H]1O[C@@H](O[C@@H]2[C@@H](O)[C@H](O[C@@H]3[C@@H](O)[C@@H](O[C@@H]4OC[C@@H](O)[C@H](O)[C@H]4O)[C@@H](CO)O[C@H]3O)O[C@H](CO)[C@H]2O)[C@H](O)[C@@H](O)[C@@H]1O. The molecule has 0 aromatic heterocycles. The first-order valence-corrected chi connectivity index (χ1v) is 13.5. The summed E-state index contributed by atoms with van der Waals surface area (Å²) >= 11 is 0. The normalized spacial score (nSPS) is 53.1. The van der Waals surface area contributed by atoms with Gasteiger partial charge < -0.3 is 99.5 Å². The smallest absolute Gasteiger partial charge is 0.187 e. The van der Waals surface area contributed by atoms with Gasteiger partial charge in [-0.15, -0.1) is 0 Å². The van der Waals surface area contributed by atoms with Crippen molar-refractivity contribution in [2.75, 3.05) is 26.4 Å². The maximum Gasteiger partial charge on any atom is 0.187 e. The summed E-state index contributed by atoms with van der Waals surface area (Å²) in [6.45, 7) is -2.96. The van der Waals surface area contributed by atoms with Crippen LogP contribution in [0.1, 0.15) is 0 Å². The molecule has 0 spiro atoms. The first-order valence-electron chi connectivity index (χ1n) is 13.5. The second-order valence-corrected chi connectivity index (χ2v) is 10.7. The lowest BCUT2D eigenvalue weighted by molar-refractivity contribution is -0.390. The minimum absolute atomic E-state index is 0.457. The zero-order valence-corrected chi connectivity index (χ0v) is 22.5. The summed E-state index contributed by atoms with van der Waals surface area (Å²) in [7, 11) is 0. The molecule has 4 aliphatic heterocycles. The Morgan fingerprint density at radius 1 is 0.442 bits per heavy atom. The highest BCUT2D eigenvalue weighted by molar-refractivity contribution is 4.97. The van der Waals surface area contributed by atoms with Crippen molar-refractivity contribution in [1.29, 1.82) is 0 Å². The Balaban J connectivity index is 1.50. The minimum atomic E-state index is -2.01. The third kappa shape index (κ3) is 7.13. The molecule has 0 aromatic rings. The molecule has 0 radical (unpaired) electrons. The molecule has 0 aliphatic carbocycles. The van der Waals surface area contributed by atoms with Gasteiger partial charge >= 0.3 is 0 Å². The monoisotopic (exact) mass is 636 g/mol. The molecule has 0 unspecified atom stereocenters. The van der Waals surface area contributed by atoms with Crippen LogP contribution in [0.3, 0.4) is 0 Å². The molecule has 4 rings (SSSR count). The van der Waals surface area contributed by atoms with Crippen molar-refractivity contribution in [3.8, 4) is 0 Å². The first kappa shape index (κ1) is 35.1. The Labute approximate surface area is 243 Å². The van der Waals surface area contributed by atoms with Crippen molar-refractivity contribution in [3.05, 3.63) is 0 Å². The Bertz CT molecular complexity index is 869. The summed E-state index contributed by atoms with van der Waals surface area (Å²) < 4.78 is 37.6. The van der Waals surface area contributed by atoms with Crippen LogP contribution in [0.25, 0.3) is 0 Å². The molecule has 0 amide bonds. The lowest BCUT2D eigenvalue weighted by Gasteiger charge is -2.48. The van der Waals surface area contributed by atoms with E-state index in [1.54, 1.807) is 0 Å². The molecule has 43 heavy (non-hydrogen) atoms. The molecule has 0 bridgehead atoms. The molecule has 252 valence electrons. The maximum absolute atomic E-state index is 11.1. The molecule has 0 aromatic carbocycles. The van der Waals surface area contributed by atoms with Gasteiger partial charge in [0.15, 0.2) is 25.2 Å². The van der Waals surface area contributed by atoms with Crippen LogP contribution in [0.4, 0.5) is 0 Å². The number of aliphatic hydroxyl groups is 13. The number of hydrogen-bond acceptors (Lipinski definition) is 20. The second kappa shape index (κ2) is 14.7. The van der Waals surface area contributed by atoms with E-state index in [-0.39, 0.29) is 0 Å². The van der Waals surface area contributed by atoms with Crippen molar-refractivity contribution in [2.45, 2.75) is 117 Å². The van der Waals surface area contributed by atoms with Crippen molar-refractivity contribution in [2.24, 2.45) is 0 Å². The zero-order valence-electron chi connectivity index (χ0n) is 22.5. The standard InChI is InChI=1S/C23H40O20/c24-1-6-10(29)12(31)14(33)22(39-6)42-18-11(30)7(2-25)40-23(16(18)35)43-19-15(34)17(8(3-26)38-20(19)36)41-21-13(32)9(28)5(27)4-37-21/h5-36H,1-4H2/t5-,6-,7-,8-,9+,10-,11-,12+,13-,14-,15+,16-,17+,18+,19-,20-,21+,22+,23+/m1/s1. The molecule has 4 fully saturated rings. The van der Waals surface area contributed by atoms with Gasteiger partial charge in [-0.2, -0.15) is 0 Å². The topological polar surface area (TPSA) is 328 Å². The lowest BCUT2D eigenvalue weighted by Crippen LogP contribution is -2.67. The number of aliphatic hydroxyl groups excluding tert-OH is 13. The van der Waals surface area contributed by atoms with E-state index in [1.807, 2.05) is 0 Å². The highest BCUT2D eigenvalue weighted by atomic mass is 16.8. The molecule has 4 saturated heterocycles. The second-order valence-electron chi connectivity index (χ2n) is 10.7. The van der Waals surface area contributed by atoms with Gasteiger partial charge in [-0.25, -0.2) is 0 Å². The van der Waals surface area contributed by atoms with Crippen LogP contribution < -0.4 is 0 Å². The molecule has 20 nitrogen and oxygen atoms in total. The quantitative estimate of drug-likeness (QED) is 0.112.